The van der Waals surface area contributed by atoms with E-state index in [1.165, 1.54) is 0 Å². The van der Waals surface area contributed by atoms with Crippen LogP contribution in [0.1, 0.15) is 31.4 Å². The largest absolute Gasteiger partial charge is 0.508 e. The van der Waals surface area contributed by atoms with Crippen LogP contribution >= 0.6 is 0 Å². The summed E-state index contributed by atoms with van der Waals surface area (Å²) in [5.74, 6) is 0.400. The van der Waals surface area contributed by atoms with Gasteiger partial charge in [0.25, 0.3) is 0 Å². The molecule has 2 rings (SSSR count). The number of hydrogen-bond acceptors (Lipinski definition) is 2. The maximum Gasteiger partial charge on any atom is 0.219 e. The first-order valence-corrected chi connectivity index (χ1v) is 5.24. The smallest absolute Gasteiger partial charge is 0.219 e. The molecule has 80 valence electrons. The molecule has 1 fully saturated rings. The average Bonchev–Trinajstić information content (AvgIpc) is 2.67. The van der Waals surface area contributed by atoms with Gasteiger partial charge in [0, 0.05) is 13.5 Å². The Morgan fingerprint density at radius 2 is 2.07 bits per heavy atom. The Morgan fingerprint density at radius 1 is 1.40 bits per heavy atom. The molecule has 3 nitrogen and oxygen atoms in total. The molecule has 3 heteroatoms. The molecule has 1 aromatic rings. The lowest BCUT2D eigenvalue weighted by atomic mass is 10.0. The second-order valence-electron chi connectivity index (χ2n) is 3.96. The Balaban J connectivity index is 2.22. The molecule has 1 saturated heterocycles. The van der Waals surface area contributed by atoms with Gasteiger partial charge in [-0.05, 0) is 30.5 Å². The first-order chi connectivity index (χ1) is 7.18. The fourth-order valence-electron chi connectivity index (χ4n) is 2.19. The second kappa shape index (κ2) is 3.93. The Hall–Kier alpha value is -1.51. The van der Waals surface area contributed by atoms with Gasteiger partial charge in [0.1, 0.15) is 5.75 Å². The number of phenolic OH excluding ortho intramolecular Hbond substituents is 1. The highest BCUT2D eigenvalue weighted by atomic mass is 16.3. The van der Waals surface area contributed by atoms with Crippen LogP contribution in [-0.2, 0) is 4.79 Å². The standard InChI is InChI=1S/C12H15NO2/c1-9(14)13-8-2-3-12(13)10-4-6-11(15)7-5-10/h4-7,12,15H,2-3,8H2,1H3. The van der Waals surface area contributed by atoms with Crippen LogP contribution in [0.5, 0.6) is 5.75 Å². The molecule has 0 bridgehead atoms. The molecule has 0 aliphatic carbocycles. The highest BCUT2D eigenvalue weighted by Crippen LogP contribution is 2.32. The van der Waals surface area contributed by atoms with E-state index in [1.807, 2.05) is 17.0 Å². The number of phenols is 1. The molecule has 0 saturated carbocycles. The third kappa shape index (κ3) is 1.96. The maximum absolute atomic E-state index is 11.4. The zero-order valence-electron chi connectivity index (χ0n) is 8.81. The quantitative estimate of drug-likeness (QED) is 0.762. The molecule has 1 aliphatic rings. The van der Waals surface area contributed by atoms with Gasteiger partial charge in [0.05, 0.1) is 6.04 Å². The minimum absolute atomic E-state index is 0.130. The number of likely N-dealkylation sites (tertiary alicyclic amines) is 1. The van der Waals surface area contributed by atoms with E-state index in [4.69, 9.17) is 0 Å². The molecule has 1 N–H and O–H groups in total. The lowest BCUT2D eigenvalue weighted by Gasteiger charge is -2.23. The monoisotopic (exact) mass is 205 g/mol. The fourth-order valence-corrected chi connectivity index (χ4v) is 2.19. The first-order valence-electron chi connectivity index (χ1n) is 5.24. The van der Waals surface area contributed by atoms with Gasteiger partial charge < -0.3 is 10.0 Å². The molecule has 1 amide bonds. The summed E-state index contributed by atoms with van der Waals surface area (Å²) >= 11 is 0. The summed E-state index contributed by atoms with van der Waals surface area (Å²) in [4.78, 5) is 13.3. The van der Waals surface area contributed by atoms with Crippen LogP contribution in [0.15, 0.2) is 24.3 Å². The van der Waals surface area contributed by atoms with Crippen LogP contribution in [0, 0.1) is 0 Å². The van der Waals surface area contributed by atoms with Crippen LogP contribution in [0.3, 0.4) is 0 Å². The first kappa shape index (κ1) is 10.0. The SMILES string of the molecule is CC(=O)N1CCCC1c1ccc(O)cc1. The molecule has 1 unspecified atom stereocenters. The minimum Gasteiger partial charge on any atom is -0.508 e. The zero-order valence-corrected chi connectivity index (χ0v) is 8.81. The molecular weight excluding hydrogens is 190 g/mol. The van der Waals surface area contributed by atoms with Gasteiger partial charge in [-0.25, -0.2) is 0 Å². The third-order valence-corrected chi connectivity index (χ3v) is 2.94. The Labute approximate surface area is 89.3 Å². The van der Waals surface area contributed by atoms with Gasteiger partial charge >= 0.3 is 0 Å². The van der Waals surface area contributed by atoms with E-state index < -0.39 is 0 Å². The molecular formula is C12H15NO2. The van der Waals surface area contributed by atoms with E-state index in [1.54, 1.807) is 19.1 Å². The average molecular weight is 205 g/mol. The van der Waals surface area contributed by atoms with Crippen LogP contribution in [0.25, 0.3) is 0 Å². The zero-order chi connectivity index (χ0) is 10.8. The van der Waals surface area contributed by atoms with Crippen molar-refractivity contribution in [1.29, 1.82) is 0 Å². The summed E-state index contributed by atoms with van der Waals surface area (Å²) in [6.07, 6.45) is 2.08. The Kier molecular flexibility index (Phi) is 2.62. The minimum atomic E-state index is 0.130. The number of nitrogens with zero attached hydrogens (tertiary/aromatic N) is 1. The van der Waals surface area contributed by atoms with Crippen LogP contribution in [-0.4, -0.2) is 22.5 Å². The number of hydrogen-bond donors (Lipinski definition) is 1. The summed E-state index contributed by atoms with van der Waals surface area (Å²) < 4.78 is 0. The van der Waals surface area contributed by atoms with Gasteiger partial charge in [-0.15, -0.1) is 0 Å². The van der Waals surface area contributed by atoms with E-state index in [0.717, 1.165) is 24.9 Å². The summed E-state index contributed by atoms with van der Waals surface area (Å²) in [7, 11) is 0. The van der Waals surface area contributed by atoms with E-state index in [0.29, 0.717) is 0 Å². The number of aromatic hydroxyl groups is 1. The van der Waals surface area contributed by atoms with Crippen molar-refractivity contribution >= 4 is 5.91 Å². The van der Waals surface area contributed by atoms with E-state index in [9.17, 15) is 9.90 Å². The molecule has 1 atom stereocenters. The van der Waals surface area contributed by atoms with Gasteiger partial charge in [-0.1, -0.05) is 12.1 Å². The molecule has 0 radical (unpaired) electrons. The molecule has 1 aliphatic heterocycles. The van der Waals surface area contributed by atoms with Crippen molar-refractivity contribution < 1.29 is 9.90 Å². The Bertz CT molecular complexity index is 358. The summed E-state index contributed by atoms with van der Waals surface area (Å²) in [6.45, 7) is 2.46. The lowest BCUT2D eigenvalue weighted by Crippen LogP contribution is -2.27. The highest BCUT2D eigenvalue weighted by Gasteiger charge is 2.27. The predicted octanol–water partition coefficient (Wildman–Crippen LogP) is 2.08. The van der Waals surface area contributed by atoms with Crippen LogP contribution < -0.4 is 0 Å². The van der Waals surface area contributed by atoms with Crippen molar-refractivity contribution in [2.45, 2.75) is 25.8 Å². The highest BCUT2D eigenvalue weighted by molar-refractivity contribution is 5.74. The van der Waals surface area contributed by atoms with Gasteiger partial charge in [0.2, 0.25) is 5.91 Å². The van der Waals surface area contributed by atoms with E-state index in [-0.39, 0.29) is 17.7 Å². The molecule has 1 heterocycles. The Morgan fingerprint density at radius 3 is 2.67 bits per heavy atom. The third-order valence-electron chi connectivity index (χ3n) is 2.94. The van der Waals surface area contributed by atoms with E-state index >= 15 is 0 Å². The normalized spacial score (nSPS) is 20.6. The molecule has 15 heavy (non-hydrogen) atoms. The van der Waals surface area contributed by atoms with E-state index in [2.05, 4.69) is 0 Å². The van der Waals surface area contributed by atoms with Crippen molar-refractivity contribution in [3.05, 3.63) is 29.8 Å². The van der Waals surface area contributed by atoms with Crippen molar-refractivity contribution in [3.63, 3.8) is 0 Å². The number of carbonyl (C=O) groups excluding carboxylic acids is 1. The summed E-state index contributed by atoms with van der Waals surface area (Å²) in [6, 6.07) is 7.32. The summed E-state index contributed by atoms with van der Waals surface area (Å²) in [5, 5.41) is 9.19. The fraction of sp³-hybridized carbons (Fsp3) is 0.417. The van der Waals surface area contributed by atoms with Crippen molar-refractivity contribution in [2.75, 3.05) is 6.54 Å². The van der Waals surface area contributed by atoms with Gasteiger partial charge in [-0.2, -0.15) is 0 Å². The van der Waals surface area contributed by atoms with Crippen LogP contribution in [0.2, 0.25) is 0 Å². The van der Waals surface area contributed by atoms with Gasteiger partial charge in [0.15, 0.2) is 0 Å². The maximum atomic E-state index is 11.4. The number of benzene rings is 1. The van der Waals surface area contributed by atoms with Crippen LogP contribution in [0.4, 0.5) is 0 Å². The van der Waals surface area contributed by atoms with Gasteiger partial charge in [-0.3, -0.25) is 4.79 Å². The number of amides is 1. The number of rotatable bonds is 1. The van der Waals surface area contributed by atoms with Crippen molar-refractivity contribution in [1.82, 2.24) is 4.90 Å². The topological polar surface area (TPSA) is 40.5 Å². The molecule has 0 spiro atoms. The lowest BCUT2D eigenvalue weighted by molar-refractivity contribution is -0.129. The summed E-state index contributed by atoms with van der Waals surface area (Å²) in [5.41, 5.74) is 1.11. The molecule has 1 aromatic carbocycles. The second-order valence-corrected chi connectivity index (χ2v) is 3.96. The predicted molar refractivity (Wildman–Crippen MR) is 57.5 cm³/mol. The van der Waals surface area contributed by atoms with Crippen molar-refractivity contribution in [3.8, 4) is 5.75 Å². The van der Waals surface area contributed by atoms with Crippen molar-refractivity contribution in [2.24, 2.45) is 0 Å². The number of carbonyl (C=O) groups is 1. The molecule has 0 aromatic heterocycles.